The highest BCUT2D eigenvalue weighted by molar-refractivity contribution is 6.33. The van der Waals surface area contributed by atoms with Crippen LogP contribution in [0.1, 0.15) is 31.2 Å². The maximum Gasteiger partial charge on any atom is 0.172 e. The van der Waals surface area contributed by atoms with Gasteiger partial charge in [0, 0.05) is 18.9 Å². The van der Waals surface area contributed by atoms with Crippen molar-refractivity contribution in [2.45, 2.75) is 43.9 Å². The summed E-state index contributed by atoms with van der Waals surface area (Å²) in [5, 5.41) is 13.8. The molecule has 0 amide bonds. The Morgan fingerprint density at radius 2 is 2.12 bits per heavy atom. The van der Waals surface area contributed by atoms with E-state index in [0.717, 1.165) is 44.1 Å². The molecule has 0 aromatic heterocycles. The molecule has 1 fully saturated rings. The molecule has 1 aromatic carbocycles. The van der Waals surface area contributed by atoms with Gasteiger partial charge in [0.1, 0.15) is 7.85 Å². The van der Waals surface area contributed by atoms with E-state index < -0.39 is 0 Å². The Balaban J connectivity index is 1.56. The van der Waals surface area contributed by atoms with Crippen LogP contribution in [-0.4, -0.2) is 51.7 Å². The van der Waals surface area contributed by atoms with E-state index in [9.17, 15) is 5.11 Å². The zero-order chi connectivity index (χ0) is 17.4. The lowest BCUT2D eigenvalue weighted by Gasteiger charge is -2.40. The van der Waals surface area contributed by atoms with Crippen LogP contribution in [0.15, 0.2) is 23.3 Å². The number of aromatic hydroxyl groups is 1. The highest BCUT2D eigenvalue weighted by Crippen LogP contribution is 2.42. The van der Waals surface area contributed by atoms with Gasteiger partial charge in [0.25, 0.3) is 0 Å². The predicted octanol–water partition coefficient (Wildman–Crippen LogP) is 0.787. The van der Waals surface area contributed by atoms with Crippen LogP contribution >= 0.6 is 0 Å². The van der Waals surface area contributed by atoms with E-state index in [2.05, 4.69) is 13.2 Å². The number of ether oxygens (including phenoxy) is 3. The average Bonchev–Trinajstić information content (AvgIpc) is 3.05. The number of methoxy groups -OCH3 is 1. The second kappa shape index (κ2) is 6.67. The number of nitrogens with one attached hydrogen (secondary N) is 1. The molecule has 25 heavy (non-hydrogen) atoms. The summed E-state index contributed by atoms with van der Waals surface area (Å²) < 4.78 is 17.0. The van der Waals surface area contributed by atoms with E-state index in [-0.39, 0.29) is 11.5 Å². The Bertz CT molecular complexity index is 697. The topological polar surface area (TPSA) is 60.0 Å². The molecule has 0 radical (unpaired) electrons. The summed E-state index contributed by atoms with van der Waals surface area (Å²) in [6, 6.07) is 4.09. The van der Waals surface area contributed by atoms with E-state index in [1.54, 1.807) is 7.11 Å². The number of phenolic OH excluding ortho intramolecular Hbond substituents is 1. The average molecular weight is 343 g/mol. The van der Waals surface area contributed by atoms with E-state index in [1.165, 1.54) is 16.7 Å². The molecule has 1 aromatic rings. The molecule has 1 aliphatic carbocycles. The summed E-state index contributed by atoms with van der Waals surface area (Å²) in [5.74, 6) is 0.394. The summed E-state index contributed by atoms with van der Waals surface area (Å²) >= 11 is 0. The molecule has 2 N–H and O–H groups in total. The van der Waals surface area contributed by atoms with Gasteiger partial charge in [-0.05, 0) is 43.5 Å². The Labute approximate surface area is 149 Å². The predicted molar refractivity (Wildman–Crippen MR) is 98.5 cm³/mol. The van der Waals surface area contributed by atoms with E-state index in [1.807, 2.05) is 12.1 Å². The summed E-state index contributed by atoms with van der Waals surface area (Å²) in [5.41, 5.74) is 5.34. The number of phenols is 1. The van der Waals surface area contributed by atoms with Gasteiger partial charge in [-0.3, -0.25) is 0 Å². The molecule has 2 heterocycles. The monoisotopic (exact) mass is 343 g/mol. The van der Waals surface area contributed by atoms with Crippen LogP contribution in [0.4, 0.5) is 0 Å². The van der Waals surface area contributed by atoms with Gasteiger partial charge in [0.05, 0.1) is 20.3 Å². The highest BCUT2D eigenvalue weighted by atomic mass is 16.7. The van der Waals surface area contributed by atoms with Gasteiger partial charge in [0.2, 0.25) is 0 Å². The zero-order valence-electron chi connectivity index (χ0n) is 15.1. The smallest absolute Gasteiger partial charge is 0.172 e. The van der Waals surface area contributed by atoms with Crippen molar-refractivity contribution >= 4 is 13.3 Å². The van der Waals surface area contributed by atoms with Gasteiger partial charge in [-0.15, -0.1) is 0 Å². The molecule has 3 aliphatic rings. The minimum absolute atomic E-state index is 0.212. The fraction of sp³-hybridized carbons (Fsp3) is 0.579. The summed E-state index contributed by atoms with van der Waals surface area (Å²) in [6.07, 6.45) is 4.84. The Kier molecular flexibility index (Phi) is 4.52. The number of hydrogen-bond donors (Lipinski definition) is 2. The minimum atomic E-state index is -0.352. The van der Waals surface area contributed by atoms with Crippen LogP contribution in [0, 0.1) is 0 Å². The molecule has 2 aliphatic heterocycles. The van der Waals surface area contributed by atoms with Crippen molar-refractivity contribution in [2.75, 3.05) is 26.9 Å². The van der Waals surface area contributed by atoms with Crippen molar-refractivity contribution in [1.82, 2.24) is 5.32 Å². The molecule has 1 atom stereocenters. The van der Waals surface area contributed by atoms with Crippen LogP contribution in [0.2, 0.25) is 0 Å². The van der Waals surface area contributed by atoms with Crippen molar-refractivity contribution in [3.8, 4) is 11.5 Å². The Morgan fingerprint density at radius 1 is 1.32 bits per heavy atom. The first-order chi connectivity index (χ1) is 12.1. The molecular formula is C19H26BNO4. The first kappa shape index (κ1) is 16.9. The van der Waals surface area contributed by atoms with Crippen molar-refractivity contribution in [2.24, 2.45) is 0 Å². The normalized spacial score (nSPS) is 25.2. The molecule has 4 rings (SSSR count). The molecule has 6 heteroatoms. The molecule has 5 nitrogen and oxygen atoms in total. The first-order valence-electron chi connectivity index (χ1n) is 9.19. The fourth-order valence-corrected chi connectivity index (χ4v) is 4.47. The van der Waals surface area contributed by atoms with Crippen molar-refractivity contribution in [1.29, 1.82) is 0 Å². The van der Waals surface area contributed by atoms with Gasteiger partial charge in [0.15, 0.2) is 17.3 Å². The fourth-order valence-electron chi connectivity index (χ4n) is 4.47. The largest absolute Gasteiger partial charge is 0.504 e. The molecule has 1 unspecified atom stereocenters. The van der Waals surface area contributed by atoms with Gasteiger partial charge in [-0.2, -0.15) is 0 Å². The third kappa shape index (κ3) is 3.19. The third-order valence-electron chi connectivity index (χ3n) is 5.83. The molecule has 1 saturated heterocycles. The summed E-state index contributed by atoms with van der Waals surface area (Å²) in [6.45, 7) is 2.42. The van der Waals surface area contributed by atoms with Crippen molar-refractivity contribution in [3.63, 3.8) is 0 Å². The van der Waals surface area contributed by atoms with Crippen LogP contribution in [0.5, 0.6) is 11.5 Å². The molecular weight excluding hydrogens is 317 g/mol. The SMILES string of the molecule is Bc1cc(OC)c(O)cc1CC1NCCC2=C1CCC1(C2)OCCO1. The lowest BCUT2D eigenvalue weighted by molar-refractivity contribution is -0.164. The lowest BCUT2D eigenvalue weighted by atomic mass is 9.77. The maximum absolute atomic E-state index is 10.1. The zero-order valence-corrected chi connectivity index (χ0v) is 15.1. The molecule has 0 saturated carbocycles. The van der Waals surface area contributed by atoms with E-state index >= 15 is 0 Å². The van der Waals surface area contributed by atoms with Gasteiger partial charge in [-0.1, -0.05) is 16.6 Å². The number of rotatable bonds is 3. The van der Waals surface area contributed by atoms with Crippen LogP contribution in [-0.2, 0) is 15.9 Å². The minimum Gasteiger partial charge on any atom is -0.504 e. The Morgan fingerprint density at radius 3 is 2.88 bits per heavy atom. The highest BCUT2D eigenvalue weighted by Gasteiger charge is 2.42. The van der Waals surface area contributed by atoms with Crippen LogP contribution in [0.3, 0.4) is 0 Å². The maximum atomic E-state index is 10.1. The first-order valence-corrected chi connectivity index (χ1v) is 9.19. The van der Waals surface area contributed by atoms with Gasteiger partial charge in [-0.25, -0.2) is 0 Å². The second-order valence-electron chi connectivity index (χ2n) is 7.32. The molecule has 0 bridgehead atoms. The Hall–Kier alpha value is -1.50. The number of hydrogen-bond acceptors (Lipinski definition) is 5. The standard InChI is InChI=1S/C19H26BNO4/c1-23-18-10-15(20)13(9-17(18)22)8-16-14-2-4-19(24-6-7-25-19)11-12(14)3-5-21-16/h9-10,16,21-22H,2-8,11,20H2,1H3. The van der Waals surface area contributed by atoms with E-state index in [0.29, 0.717) is 25.0 Å². The van der Waals surface area contributed by atoms with Gasteiger partial charge >= 0.3 is 0 Å². The second-order valence-corrected chi connectivity index (χ2v) is 7.32. The van der Waals surface area contributed by atoms with Crippen LogP contribution in [0.25, 0.3) is 0 Å². The van der Waals surface area contributed by atoms with E-state index in [4.69, 9.17) is 14.2 Å². The molecule has 1 spiro atoms. The summed E-state index contributed by atoms with van der Waals surface area (Å²) in [7, 11) is 3.66. The van der Waals surface area contributed by atoms with Crippen molar-refractivity contribution < 1.29 is 19.3 Å². The van der Waals surface area contributed by atoms with Crippen molar-refractivity contribution in [3.05, 3.63) is 28.8 Å². The molecule has 134 valence electrons. The lowest BCUT2D eigenvalue weighted by Crippen LogP contribution is -2.44. The summed E-state index contributed by atoms with van der Waals surface area (Å²) in [4.78, 5) is 0. The third-order valence-corrected chi connectivity index (χ3v) is 5.83. The van der Waals surface area contributed by atoms with Gasteiger partial charge < -0.3 is 24.6 Å². The number of benzene rings is 1. The quantitative estimate of drug-likeness (QED) is 0.628. The van der Waals surface area contributed by atoms with Crippen LogP contribution < -0.4 is 15.5 Å².